The Kier molecular flexibility index (Phi) is 9.05. The van der Waals surface area contributed by atoms with E-state index in [1.807, 2.05) is 6.08 Å². The number of aliphatic hydroxyl groups is 3. The number of unbranched alkanes of at least 4 members (excludes halogenated alkanes) is 4. The number of aliphatic hydroxyl groups excluding tert-OH is 3. The topological polar surface area (TPSA) is 79.2 Å². The van der Waals surface area contributed by atoms with Crippen molar-refractivity contribution < 1.29 is 24.8 Å². The van der Waals surface area contributed by atoms with Gasteiger partial charge in [0.2, 0.25) is 0 Å². The molecule has 0 aromatic carbocycles. The van der Waals surface area contributed by atoms with Gasteiger partial charge in [0, 0.05) is 0 Å². The summed E-state index contributed by atoms with van der Waals surface area (Å²) in [7, 11) is 0. The van der Waals surface area contributed by atoms with E-state index >= 15 is 0 Å². The normalized spacial score (nSPS) is 28.3. The Morgan fingerprint density at radius 1 is 1.30 bits per heavy atom. The van der Waals surface area contributed by atoms with Gasteiger partial charge in [-0.3, -0.25) is 0 Å². The molecule has 0 aliphatic carbocycles. The number of hydrogen-bond donors (Lipinski definition) is 3. The molecule has 4 atom stereocenters. The number of rotatable bonds is 10. The Hall–Kier alpha value is -0.460. The summed E-state index contributed by atoms with van der Waals surface area (Å²) in [4.78, 5) is 0. The van der Waals surface area contributed by atoms with E-state index in [0.717, 1.165) is 6.42 Å². The SMILES string of the molecule is CCCCCC/C=C/CO[C@H]1CO[C@H]([C@H](O)CO)[C@@H]1O. The first-order valence-corrected chi connectivity index (χ1v) is 7.55. The van der Waals surface area contributed by atoms with Crippen molar-refractivity contribution in [1.82, 2.24) is 0 Å². The van der Waals surface area contributed by atoms with E-state index in [2.05, 4.69) is 13.0 Å². The van der Waals surface area contributed by atoms with Crippen molar-refractivity contribution in [2.45, 2.75) is 63.4 Å². The van der Waals surface area contributed by atoms with Gasteiger partial charge in [0.05, 0.1) is 19.8 Å². The third-order valence-electron chi connectivity index (χ3n) is 3.53. The molecule has 5 heteroatoms. The van der Waals surface area contributed by atoms with E-state index in [4.69, 9.17) is 14.6 Å². The molecule has 1 saturated heterocycles. The second-order valence-electron chi connectivity index (χ2n) is 5.23. The Bertz CT molecular complexity index is 269. The average molecular weight is 288 g/mol. The lowest BCUT2D eigenvalue weighted by Gasteiger charge is -2.20. The van der Waals surface area contributed by atoms with Crippen LogP contribution in [0.4, 0.5) is 0 Å². The van der Waals surface area contributed by atoms with Crippen LogP contribution in [0.2, 0.25) is 0 Å². The van der Waals surface area contributed by atoms with Gasteiger partial charge in [-0.2, -0.15) is 0 Å². The molecule has 0 aromatic rings. The van der Waals surface area contributed by atoms with Gasteiger partial charge < -0.3 is 24.8 Å². The van der Waals surface area contributed by atoms with Crippen molar-refractivity contribution in [3.8, 4) is 0 Å². The van der Waals surface area contributed by atoms with E-state index in [1.54, 1.807) is 0 Å². The Morgan fingerprint density at radius 2 is 2.10 bits per heavy atom. The van der Waals surface area contributed by atoms with Gasteiger partial charge in [-0.05, 0) is 12.8 Å². The highest BCUT2D eigenvalue weighted by Crippen LogP contribution is 2.20. The maximum atomic E-state index is 9.90. The van der Waals surface area contributed by atoms with Gasteiger partial charge in [-0.15, -0.1) is 0 Å². The average Bonchev–Trinajstić information content (AvgIpc) is 2.82. The molecule has 1 heterocycles. The van der Waals surface area contributed by atoms with Crippen LogP contribution in [0.15, 0.2) is 12.2 Å². The predicted molar refractivity (Wildman–Crippen MR) is 76.5 cm³/mol. The number of ether oxygens (including phenoxy) is 2. The molecule has 118 valence electrons. The van der Waals surface area contributed by atoms with Crippen LogP contribution in [0, 0.1) is 0 Å². The minimum Gasteiger partial charge on any atom is -0.394 e. The fourth-order valence-electron chi connectivity index (χ4n) is 2.26. The fourth-order valence-corrected chi connectivity index (χ4v) is 2.26. The molecule has 0 radical (unpaired) electrons. The summed E-state index contributed by atoms with van der Waals surface area (Å²) >= 11 is 0. The second kappa shape index (κ2) is 10.3. The molecule has 20 heavy (non-hydrogen) atoms. The quantitative estimate of drug-likeness (QED) is 0.413. The molecule has 0 saturated carbocycles. The lowest BCUT2D eigenvalue weighted by atomic mass is 10.1. The molecule has 1 fully saturated rings. The van der Waals surface area contributed by atoms with Gasteiger partial charge in [-0.25, -0.2) is 0 Å². The molecule has 0 bridgehead atoms. The van der Waals surface area contributed by atoms with Crippen LogP contribution in [-0.4, -0.2) is 59.6 Å². The summed E-state index contributed by atoms with van der Waals surface area (Å²) in [5.41, 5.74) is 0. The largest absolute Gasteiger partial charge is 0.394 e. The van der Waals surface area contributed by atoms with Crippen LogP contribution in [0.3, 0.4) is 0 Å². The molecular formula is C15H28O5. The first kappa shape index (κ1) is 17.6. The smallest absolute Gasteiger partial charge is 0.114 e. The van der Waals surface area contributed by atoms with Gasteiger partial charge in [0.1, 0.15) is 24.4 Å². The van der Waals surface area contributed by atoms with Gasteiger partial charge in [0.15, 0.2) is 0 Å². The highest BCUT2D eigenvalue weighted by atomic mass is 16.6. The Labute approximate surface area is 121 Å². The molecule has 1 rings (SSSR count). The molecule has 1 aliphatic heterocycles. The summed E-state index contributed by atoms with van der Waals surface area (Å²) in [6.45, 7) is 2.44. The zero-order valence-electron chi connectivity index (χ0n) is 12.3. The minimum atomic E-state index is -1.06. The van der Waals surface area contributed by atoms with E-state index < -0.39 is 31.0 Å². The summed E-state index contributed by atoms with van der Waals surface area (Å²) in [5.74, 6) is 0. The molecule has 0 amide bonds. The summed E-state index contributed by atoms with van der Waals surface area (Å²) in [5, 5.41) is 28.2. The van der Waals surface area contributed by atoms with Gasteiger partial charge in [0.25, 0.3) is 0 Å². The zero-order chi connectivity index (χ0) is 14.8. The molecule has 0 unspecified atom stereocenters. The Morgan fingerprint density at radius 3 is 2.80 bits per heavy atom. The van der Waals surface area contributed by atoms with Crippen molar-refractivity contribution in [3.05, 3.63) is 12.2 Å². The van der Waals surface area contributed by atoms with Crippen LogP contribution >= 0.6 is 0 Å². The zero-order valence-corrected chi connectivity index (χ0v) is 12.3. The number of hydrogen-bond acceptors (Lipinski definition) is 5. The van der Waals surface area contributed by atoms with Gasteiger partial charge in [-0.1, -0.05) is 38.3 Å². The molecular weight excluding hydrogens is 260 g/mol. The summed E-state index contributed by atoms with van der Waals surface area (Å²) in [6.07, 6.45) is 6.93. The highest BCUT2D eigenvalue weighted by molar-refractivity contribution is 4.90. The van der Waals surface area contributed by atoms with Crippen molar-refractivity contribution in [3.63, 3.8) is 0 Å². The first-order valence-electron chi connectivity index (χ1n) is 7.55. The van der Waals surface area contributed by atoms with Crippen molar-refractivity contribution in [1.29, 1.82) is 0 Å². The van der Waals surface area contributed by atoms with E-state index in [9.17, 15) is 10.2 Å². The Balaban J connectivity index is 2.12. The second-order valence-corrected chi connectivity index (χ2v) is 5.23. The maximum Gasteiger partial charge on any atom is 0.114 e. The predicted octanol–water partition coefficient (Wildman–Crippen LogP) is 1.01. The lowest BCUT2D eigenvalue weighted by Crippen LogP contribution is -2.41. The third-order valence-corrected chi connectivity index (χ3v) is 3.53. The van der Waals surface area contributed by atoms with Crippen LogP contribution in [0.5, 0.6) is 0 Å². The molecule has 0 aromatic heterocycles. The monoisotopic (exact) mass is 288 g/mol. The van der Waals surface area contributed by atoms with Crippen LogP contribution in [0.25, 0.3) is 0 Å². The standard InChI is InChI=1S/C15H28O5/c1-2-3-4-5-6-7-8-9-19-13-11-20-15(14(13)18)12(17)10-16/h7-8,12-18H,2-6,9-11H2,1H3/b8-7+/t12-,13+,14-,15-/m1/s1. The summed E-state index contributed by atoms with van der Waals surface area (Å²) < 4.78 is 10.8. The van der Waals surface area contributed by atoms with Gasteiger partial charge >= 0.3 is 0 Å². The highest BCUT2D eigenvalue weighted by Gasteiger charge is 2.40. The maximum absolute atomic E-state index is 9.90. The molecule has 5 nitrogen and oxygen atoms in total. The fraction of sp³-hybridized carbons (Fsp3) is 0.867. The molecule has 0 spiro atoms. The van der Waals surface area contributed by atoms with Crippen molar-refractivity contribution in [2.75, 3.05) is 19.8 Å². The van der Waals surface area contributed by atoms with Crippen LogP contribution in [0.1, 0.15) is 39.0 Å². The third kappa shape index (κ3) is 5.89. The lowest BCUT2D eigenvalue weighted by molar-refractivity contribution is -0.0716. The van der Waals surface area contributed by atoms with Crippen LogP contribution < -0.4 is 0 Å². The summed E-state index contributed by atoms with van der Waals surface area (Å²) in [6, 6.07) is 0. The first-order chi connectivity index (χ1) is 9.70. The molecule has 1 aliphatic rings. The molecule has 3 N–H and O–H groups in total. The van der Waals surface area contributed by atoms with E-state index in [1.165, 1.54) is 25.7 Å². The van der Waals surface area contributed by atoms with E-state index in [0.29, 0.717) is 6.61 Å². The van der Waals surface area contributed by atoms with Crippen LogP contribution in [-0.2, 0) is 9.47 Å². The van der Waals surface area contributed by atoms with E-state index in [-0.39, 0.29) is 6.61 Å². The minimum absolute atomic E-state index is 0.243. The van der Waals surface area contributed by atoms with Crippen molar-refractivity contribution in [2.24, 2.45) is 0 Å². The number of allylic oxidation sites excluding steroid dienone is 1. The van der Waals surface area contributed by atoms with Crippen molar-refractivity contribution >= 4 is 0 Å².